The summed E-state index contributed by atoms with van der Waals surface area (Å²) in [7, 11) is 0.729. The number of nitrogens with zero attached hydrogens (tertiary/aromatic N) is 3. The first-order valence-electron chi connectivity index (χ1n) is 5.72. The highest BCUT2D eigenvalue weighted by Gasteiger charge is 2.32. The van der Waals surface area contributed by atoms with E-state index in [2.05, 4.69) is 0 Å². The molecule has 0 amide bonds. The first kappa shape index (κ1) is 16.5. The average molecular weight is 305 g/mol. The predicted octanol–water partition coefficient (Wildman–Crippen LogP) is 0.916. The molecule has 1 rings (SSSR count). The summed E-state index contributed by atoms with van der Waals surface area (Å²) in [5, 5.41) is 10.9. The summed E-state index contributed by atoms with van der Waals surface area (Å²) < 4.78 is 39.0. The van der Waals surface area contributed by atoms with Crippen molar-refractivity contribution in [3.8, 4) is 0 Å². The van der Waals surface area contributed by atoms with E-state index in [0.29, 0.717) is 6.54 Å². The molecule has 1 aromatic rings. The molecule has 0 N–H and O–H groups in total. The largest absolute Gasteiger partial charge is 0.324 e. The number of para-hydroxylation sites is 1. The highest BCUT2D eigenvalue weighted by atomic mass is 32.2. The Balaban J connectivity index is 3.22. The Hall–Kier alpha value is -1.58. The summed E-state index contributed by atoms with van der Waals surface area (Å²) in [6.07, 6.45) is 0. The van der Waals surface area contributed by atoms with Gasteiger partial charge in [-0.05, 0) is 26.2 Å². The Morgan fingerprint density at radius 1 is 1.25 bits per heavy atom. The third kappa shape index (κ3) is 3.50. The molecule has 0 aliphatic rings. The van der Waals surface area contributed by atoms with Gasteiger partial charge < -0.3 is 4.90 Å². The van der Waals surface area contributed by atoms with E-state index in [1.165, 1.54) is 7.05 Å². The number of hydrogen-bond donors (Lipinski definition) is 0. The van der Waals surface area contributed by atoms with Crippen LogP contribution in [0.15, 0.2) is 23.1 Å². The second kappa shape index (κ2) is 6.25. The van der Waals surface area contributed by atoms with Crippen LogP contribution in [0.25, 0.3) is 0 Å². The van der Waals surface area contributed by atoms with Crippen LogP contribution in [0, 0.1) is 15.9 Å². The van der Waals surface area contributed by atoms with Crippen LogP contribution in [0.1, 0.15) is 0 Å². The number of halogens is 1. The Labute approximate surface area is 116 Å². The molecule has 0 saturated carbocycles. The molecule has 0 heterocycles. The van der Waals surface area contributed by atoms with Crippen LogP contribution in [-0.2, 0) is 10.0 Å². The molecule has 0 aliphatic heterocycles. The summed E-state index contributed by atoms with van der Waals surface area (Å²) in [5.41, 5.74) is -1.02. The van der Waals surface area contributed by atoms with Gasteiger partial charge >= 0.3 is 5.69 Å². The van der Waals surface area contributed by atoms with Crippen molar-refractivity contribution in [3.63, 3.8) is 0 Å². The van der Waals surface area contributed by atoms with E-state index in [0.717, 1.165) is 22.5 Å². The van der Waals surface area contributed by atoms with Crippen LogP contribution in [-0.4, -0.2) is 56.8 Å². The van der Waals surface area contributed by atoms with E-state index < -0.39 is 31.3 Å². The number of hydrogen-bond acceptors (Lipinski definition) is 5. The fourth-order valence-corrected chi connectivity index (χ4v) is 2.83. The minimum Gasteiger partial charge on any atom is -0.308 e. The number of nitro groups is 1. The normalized spacial score (nSPS) is 12.1. The van der Waals surface area contributed by atoms with Gasteiger partial charge in [0.25, 0.3) is 0 Å². The maximum Gasteiger partial charge on any atom is 0.324 e. The lowest BCUT2D eigenvalue weighted by molar-refractivity contribution is -0.390. The molecule has 0 saturated heterocycles. The molecule has 0 atom stereocenters. The summed E-state index contributed by atoms with van der Waals surface area (Å²) in [6.45, 7) is 0.585. The van der Waals surface area contributed by atoms with Crippen molar-refractivity contribution in [2.75, 3.05) is 34.2 Å². The van der Waals surface area contributed by atoms with E-state index in [1.54, 1.807) is 19.0 Å². The van der Waals surface area contributed by atoms with Crippen molar-refractivity contribution in [3.05, 3.63) is 34.1 Å². The lowest BCUT2D eigenvalue weighted by Gasteiger charge is -2.19. The molecule has 0 bridgehead atoms. The first-order chi connectivity index (χ1) is 9.17. The third-order valence-corrected chi connectivity index (χ3v) is 4.57. The average Bonchev–Trinajstić information content (AvgIpc) is 2.34. The quantitative estimate of drug-likeness (QED) is 0.576. The number of nitro benzene ring substituents is 1. The fourth-order valence-electron chi connectivity index (χ4n) is 1.51. The van der Waals surface area contributed by atoms with Gasteiger partial charge in [-0.3, -0.25) is 10.1 Å². The topological polar surface area (TPSA) is 83.8 Å². The molecular formula is C11H16FN3O4S. The van der Waals surface area contributed by atoms with Gasteiger partial charge in [-0.15, -0.1) is 0 Å². The van der Waals surface area contributed by atoms with Crippen LogP contribution in [0.5, 0.6) is 0 Å². The number of rotatable bonds is 6. The number of likely N-dealkylation sites (N-methyl/N-ethyl adjacent to an activating group) is 2. The van der Waals surface area contributed by atoms with Crippen molar-refractivity contribution in [1.82, 2.24) is 9.21 Å². The van der Waals surface area contributed by atoms with Crippen molar-refractivity contribution in [2.24, 2.45) is 0 Å². The molecular weight excluding hydrogens is 289 g/mol. The van der Waals surface area contributed by atoms with Gasteiger partial charge in [-0.2, -0.15) is 8.70 Å². The molecule has 9 heteroatoms. The molecule has 0 unspecified atom stereocenters. The summed E-state index contributed by atoms with van der Waals surface area (Å²) in [6, 6.07) is 3.02. The van der Waals surface area contributed by atoms with Crippen molar-refractivity contribution >= 4 is 15.7 Å². The first-order valence-corrected chi connectivity index (χ1v) is 7.16. The number of sulfonamides is 1. The molecule has 1 aromatic carbocycles. The monoisotopic (exact) mass is 305 g/mol. The fraction of sp³-hybridized carbons (Fsp3) is 0.455. The Kier molecular flexibility index (Phi) is 5.15. The second-order valence-corrected chi connectivity index (χ2v) is 6.49. The summed E-state index contributed by atoms with van der Waals surface area (Å²) in [5.74, 6) is -1.17. The van der Waals surface area contributed by atoms with Crippen LogP contribution in [0.3, 0.4) is 0 Å². The second-order valence-electron chi connectivity index (χ2n) is 4.47. The van der Waals surface area contributed by atoms with Crippen molar-refractivity contribution in [1.29, 1.82) is 0 Å². The van der Waals surface area contributed by atoms with E-state index in [9.17, 15) is 22.9 Å². The predicted molar refractivity (Wildman–Crippen MR) is 71.4 cm³/mol. The van der Waals surface area contributed by atoms with Crippen LogP contribution in [0.2, 0.25) is 0 Å². The molecule has 0 spiro atoms. The SMILES string of the molecule is CN(C)CCN(C)S(=O)(=O)c1cccc(F)c1[N+](=O)[O-]. The molecule has 0 fully saturated rings. The maximum atomic E-state index is 13.5. The van der Waals surface area contributed by atoms with Gasteiger partial charge in [0.1, 0.15) is 0 Å². The molecule has 20 heavy (non-hydrogen) atoms. The third-order valence-electron chi connectivity index (χ3n) is 2.68. The summed E-state index contributed by atoms with van der Waals surface area (Å²) >= 11 is 0. The minimum absolute atomic E-state index is 0.142. The van der Waals surface area contributed by atoms with Crippen molar-refractivity contribution in [2.45, 2.75) is 4.90 Å². The number of benzene rings is 1. The molecule has 112 valence electrons. The molecule has 0 radical (unpaired) electrons. The zero-order chi connectivity index (χ0) is 15.5. The lowest BCUT2D eigenvalue weighted by atomic mass is 10.3. The van der Waals surface area contributed by atoms with Crippen molar-refractivity contribution < 1.29 is 17.7 Å². The smallest absolute Gasteiger partial charge is 0.308 e. The van der Waals surface area contributed by atoms with E-state index in [1.807, 2.05) is 0 Å². The Morgan fingerprint density at radius 3 is 2.35 bits per heavy atom. The lowest BCUT2D eigenvalue weighted by Crippen LogP contribution is -2.33. The zero-order valence-corrected chi connectivity index (χ0v) is 12.2. The minimum atomic E-state index is -4.11. The molecule has 0 aliphatic carbocycles. The highest BCUT2D eigenvalue weighted by Crippen LogP contribution is 2.28. The maximum absolute atomic E-state index is 13.5. The highest BCUT2D eigenvalue weighted by molar-refractivity contribution is 7.89. The zero-order valence-electron chi connectivity index (χ0n) is 11.4. The standard InChI is InChI=1S/C11H16FN3O4S/c1-13(2)7-8-14(3)20(18,19)10-6-4-5-9(12)11(10)15(16)17/h4-6H,7-8H2,1-3H3. The van der Waals surface area contributed by atoms with Gasteiger partial charge in [0.15, 0.2) is 4.90 Å². The Bertz CT molecular complexity index is 604. The van der Waals surface area contributed by atoms with E-state index in [-0.39, 0.29) is 6.54 Å². The van der Waals surface area contributed by atoms with Gasteiger partial charge in [0.05, 0.1) is 4.92 Å². The van der Waals surface area contributed by atoms with Crippen LogP contribution < -0.4 is 0 Å². The van der Waals surface area contributed by atoms with Gasteiger partial charge in [0.2, 0.25) is 15.8 Å². The van der Waals surface area contributed by atoms with Gasteiger partial charge in [0, 0.05) is 20.1 Å². The van der Waals surface area contributed by atoms with E-state index in [4.69, 9.17) is 0 Å². The summed E-state index contributed by atoms with van der Waals surface area (Å²) in [4.78, 5) is 11.0. The van der Waals surface area contributed by atoms with Gasteiger partial charge in [-0.1, -0.05) is 6.07 Å². The van der Waals surface area contributed by atoms with Gasteiger partial charge in [-0.25, -0.2) is 8.42 Å². The van der Waals surface area contributed by atoms with Crippen LogP contribution >= 0.6 is 0 Å². The van der Waals surface area contributed by atoms with Crippen LogP contribution in [0.4, 0.5) is 10.1 Å². The molecule has 7 nitrogen and oxygen atoms in total. The molecule has 0 aromatic heterocycles. The Morgan fingerprint density at radius 2 is 1.85 bits per heavy atom. The van der Waals surface area contributed by atoms with E-state index >= 15 is 0 Å².